The predicted octanol–water partition coefficient (Wildman–Crippen LogP) is 4.38. The van der Waals surface area contributed by atoms with E-state index in [9.17, 15) is 14.3 Å². The lowest BCUT2D eigenvalue weighted by molar-refractivity contribution is -0.137. The number of halogens is 1. The molecule has 2 aromatic carbocycles. The van der Waals surface area contributed by atoms with E-state index < -0.39 is 5.97 Å². The minimum Gasteiger partial charge on any atom is -0.481 e. The molecule has 1 atom stereocenters. The van der Waals surface area contributed by atoms with E-state index in [0.717, 1.165) is 31.5 Å². The molecule has 0 spiro atoms. The molecule has 1 aliphatic heterocycles. The number of hydrogen-bond donors (Lipinski definition) is 1. The fraction of sp³-hybridized carbons (Fsp3) is 0.375. The molecule has 0 aliphatic carbocycles. The van der Waals surface area contributed by atoms with Crippen molar-refractivity contribution in [3.05, 3.63) is 70.7 Å². The summed E-state index contributed by atoms with van der Waals surface area (Å²) in [7, 11) is 2.15. The molecule has 4 nitrogen and oxygen atoms in total. The van der Waals surface area contributed by atoms with Crippen LogP contribution in [0.2, 0.25) is 0 Å². The van der Waals surface area contributed by atoms with Crippen LogP contribution in [0.3, 0.4) is 0 Å². The van der Waals surface area contributed by atoms with E-state index in [1.54, 1.807) is 12.1 Å². The molecule has 1 unspecified atom stereocenters. The minimum absolute atomic E-state index is 0.0197. The number of nitrogens with zero attached hydrogens (tertiary/aromatic N) is 2. The van der Waals surface area contributed by atoms with Crippen molar-refractivity contribution in [2.45, 2.75) is 38.6 Å². The molecule has 4 rings (SSSR count). The summed E-state index contributed by atoms with van der Waals surface area (Å²) in [6.45, 7) is 4.70. The van der Waals surface area contributed by atoms with Crippen LogP contribution >= 0.6 is 0 Å². The van der Waals surface area contributed by atoms with Gasteiger partial charge in [0.15, 0.2) is 0 Å². The first-order valence-corrected chi connectivity index (χ1v) is 10.2. The lowest BCUT2D eigenvalue weighted by Crippen LogP contribution is -2.22. The van der Waals surface area contributed by atoms with Crippen molar-refractivity contribution < 1.29 is 14.3 Å². The largest absolute Gasteiger partial charge is 0.481 e. The van der Waals surface area contributed by atoms with Gasteiger partial charge in [0.2, 0.25) is 0 Å². The zero-order valence-corrected chi connectivity index (χ0v) is 17.0. The number of likely N-dealkylation sites (N-methyl/N-ethyl adjacent to an activating group) is 1. The molecule has 1 aromatic heterocycles. The molecule has 2 heterocycles. The Hall–Kier alpha value is -2.66. The van der Waals surface area contributed by atoms with Gasteiger partial charge in [-0.25, -0.2) is 4.39 Å². The van der Waals surface area contributed by atoms with Crippen LogP contribution in [0.25, 0.3) is 10.9 Å². The summed E-state index contributed by atoms with van der Waals surface area (Å²) in [5.74, 6) is -1.35. The normalized spacial score (nSPS) is 15.8. The smallest absolute Gasteiger partial charge is 0.304 e. The summed E-state index contributed by atoms with van der Waals surface area (Å²) in [6.07, 6.45) is 1.97. The summed E-state index contributed by atoms with van der Waals surface area (Å²) < 4.78 is 15.7. The number of aryl methyl sites for hydroxylation is 1. The number of carboxylic acids is 1. The Kier molecular flexibility index (Phi) is 5.41. The zero-order valence-electron chi connectivity index (χ0n) is 17.0. The molecule has 0 saturated heterocycles. The lowest BCUT2D eigenvalue weighted by atomic mass is 9.95. The van der Waals surface area contributed by atoms with E-state index in [0.29, 0.717) is 6.54 Å². The molecule has 0 bridgehead atoms. The quantitative estimate of drug-likeness (QED) is 0.699. The average molecular weight is 394 g/mol. The van der Waals surface area contributed by atoms with Gasteiger partial charge in [-0.05, 0) is 55.8 Å². The number of carbonyl (C=O) groups is 1. The van der Waals surface area contributed by atoms with Crippen molar-refractivity contribution in [3.8, 4) is 0 Å². The Morgan fingerprint density at radius 3 is 2.59 bits per heavy atom. The molecule has 0 fully saturated rings. The van der Waals surface area contributed by atoms with E-state index in [-0.39, 0.29) is 18.2 Å². The Morgan fingerprint density at radius 1 is 1.14 bits per heavy atom. The number of benzene rings is 2. The maximum absolute atomic E-state index is 13.4. The molecule has 0 amide bonds. The van der Waals surface area contributed by atoms with Crippen molar-refractivity contribution in [1.29, 1.82) is 0 Å². The number of aromatic nitrogens is 1. The number of rotatable bonds is 5. The molecule has 3 aromatic rings. The number of fused-ring (bicyclic) bond motifs is 3. The Morgan fingerprint density at radius 2 is 1.86 bits per heavy atom. The van der Waals surface area contributed by atoms with Crippen molar-refractivity contribution in [1.82, 2.24) is 9.47 Å². The minimum atomic E-state index is -0.836. The highest BCUT2D eigenvalue weighted by atomic mass is 19.1. The van der Waals surface area contributed by atoms with Crippen LogP contribution in [0.5, 0.6) is 0 Å². The summed E-state index contributed by atoms with van der Waals surface area (Å²) in [4.78, 5) is 13.9. The van der Waals surface area contributed by atoms with Gasteiger partial charge in [0.1, 0.15) is 5.82 Å². The summed E-state index contributed by atoms with van der Waals surface area (Å²) in [5.41, 5.74) is 5.97. The molecule has 0 radical (unpaired) electrons. The van der Waals surface area contributed by atoms with Gasteiger partial charge in [0.25, 0.3) is 0 Å². The van der Waals surface area contributed by atoms with Gasteiger partial charge < -0.3 is 14.6 Å². The SMILES string of the molecule is Cc1ccc2c(c1)c1c(n2CC(CC(=O)O)c2ccc(F)cc2)CCN(C)CC1. The third-order valence-electron chi connectivity index (χ3n) is 6.08. The molecule has 1 N–H and O–H groups in total. The Labute approximate surface area is 170 Å². The highest BCUT2D eigenvalue weighted by molar-refractivity contribution is 5.86. The standard InChI is InChI=1S/C24H27FN2O2/c1-16-3-8-22-21(13-16)20-9-11-26(2)12-10-23(20)27(22)15-18(14-24(28)29)17-4-6-19(25)7-5-17/h3-8,13,18H,9-12,14-15H2,1-2H3,(H,28,29). The van der Waals surface area contributed by atoms with E-state index >= 15 is 0 Å². The third-order valence-corrected chi connectivity index (χ3v) is 6.08. The average Bonchev–Trinajstić information content (AvgIpc) is 2.81. The van der Waals surface area contributed by atoms with Crippen LogP contribution in [0.4, 0.5) is 4.39 Å². The number of hydrogen-bond acceptors (Lipinski definition) is 2. The topological polar surface area (TPSA) is 45.5 Å². The lowest BCUT2D eigenvalue weighted by Gasteiger charge is -2.20. The molecule has 1 aliphatic rings. The van der Waals surface area contributed by atoms with E-state index in [1.807, 2.05) is 0 Å². The molecule has 0 saturated carbocycles. The molecular weight excluding hydrogens is 367 g/mol. The first kappa shape index (κ1) is 19.6. The van der Waals surface area contributed by atoms with Gasteiger partial charge in [-0.2, -0.15) is 0 Å². The second-order valence-corrected chi connectivity index (χ2v) is 8.21. The second kappa shape index (κ2) is 7.99. The maximum Gasteiger partial charge on any atom is 0.304 e. The van der Waals surface area contributed by atoms with Crippen LogP contribution < -0.4 is 0 Å². The highest BCUT2D eigenvalue weighted by Crippen LogP contribution is 2.33. The first-order valence-electron chi connectivity index (χ1n) is 10.2. The van der Waals surface area contributed by atoms with Gasteiger partial charge in [-0.3, -0.25) is 4.79 Å². The zero-order chi connectivity index (χ0) is 20.5. The van der Waals surface area contributed by atoms with Crippen molar-refractivity contribution in [2.24, 2.45) is 0 Å². The van der Waals surface area contributed by atoms with Crippen LogP contribution in [-0.4, -0.2) is 40.7 Å². The molecule has 29 heavy (non-hydrogen) atoms. The van der Waals surface area contributed by atoms with Gasteiger partial charge in [-0.15, -0.1) is 0 Å². The number of carboxylic acid groups (broad SMARTS) is 1. The van der Waals surface area contributed by atoms with Crippen LogP contribution in [0.1, 0.15) is 34.7 Å². The van der Waals surface area contributed by atoms with Crippen LogP contribution in [0, 0.1) is 12.7 Å². The summed E-state index contributed by atoms with van der Waals surface area (Å²) in [5, 5.41) is 10.8. The van der Waals surface area contributed by atoms with Crippen LogP contribution in [0.15, 0.2) is 42.5 Å². The summed E-state index contributed by atoms with van der Waals surface area (Å²) in [6, 6.07) is 12.8. The third kappa shape index (κ3) is 4.06. The van der Waals surface area contributed by atoms with Crippen molar-refractivity contribution in [3.63, 3.8) is 0 Å². The molecule has 152 valence electrons. The fourth-order valence-electron chi connectivity index (χ4n) is 4.53. The second-order valence-electron chi connectivity index (χ2n) is 8.21. The van der Waals surface area contributed by atoms with E-state index in [2.05, 4.69) is 41.6 Å². The number of aliphatic carboxylic acids is 1. The fourth-order valence-corrected chi connectivity index (χ4v) is 4.53. The monoisotopic (exact) mass is 394 g/mol. The van der Waals surface area contributed by atoms with Crippen molar-refractivity contribution in [2.75, 3.05) is 20.1 Å². The van der Waals surface area contributed by atoms with Gasteiger partial charge in [0, 0.05) is 48.6 Å². The van der Waals surface area contributed by atoms with E-state index in [4.69, 9.17) is 0 Å². The Balaban J connectivity index is 1.81. The Bertz CT molecular complexity index is 1040. The maximum atomic E-state index is 13.4. The van der Waals surface area contributed by atoms with Gasteiger partial charge >= 0.3 is 5.97 Å². The van der Waals surface area contributed by atoms with E-state index in [1.165, 1.54) is 39.9 Å². The first-order chi connectivity index (χ1) is 13.9. The van der Waals surface area contributed by atoms with Crippen molar-refractivity contribution >= 4 is 16.9 Å². The highest BCUT2D eigenvalue weighted by Gasteiger charge is 2.24. The summed E-state index contributed by atoms with van der Waals surface area (Å²) >= 11 is 0. The molecule has 5 heteroatoms. The molecular formula is C24H27FN2O2. The van der Waals surface area contributed by atoms with Crippen LogP contribution in [-0.2, 0) is 24.2 Å². The van der Waals surface area contributed by atoms with Gasteiger partial charge in [0.05, 0.1) is 6.42 Å². The van der Waals surface area contributed by atoms with Gasteiger partial charge in [-0.1, -0.05) is 23.8 Å². The predicted molar refractivity (Wildman–Crippen MR) is 113 cm³/mol.